The minimum Gasteiger partial charge on any atom is -0.355 e. The molecule has 0 bridgehead atoms. The van der Waals surface area contributed by atoms with Gasteiger partial charge in [0.15, 0.2) is 0 Å². The van der Waals surface area contributed by atoms with E-state index >= 15 is 0 Å². The summed E-state index contributed by atoms with van der Waals surface area (Å²) in [4.78, 5) is 84.5. The molecule has 0 aliphatic carbocycles. The van der Waals surface area contributed by atoms with E-state index in [1.54, 1.807) is 19.2 Å². The van der Waals surface area contributed by atoms with E-state index in [-0.39, 0.29) is 38.3 Å². The maximum Gasteiger partial charge on any atom is 0.245 e. The first-order valence-corrected chi connectivity index (χ1v) is 15.9. The van der Waals surface area contributed by atoms with E-state index in [1.807, 2.05) is 37.3 Å². The summed E-state index contributed by atoms with van der Waals surface area (Å²) in [6.07, 6.45) is 0.669. The molecule has 2 heterocycles. The zero-order chi connectivity index (χ0) is 33.1. The van der Waals surface area contributed by atoms with Crippen LogP contribution in [0.2, 0.25) is 0 Å². The third-order valence-electron chi connectivity index (χ3n) is 7.30. The summed E-state index contributed by atoms with van der Waals surface area (Å²) in [5.41, 5.74) is 1.39. The summed E-state index contributed by atoms with van der Waals surface area (Å²) in [5, 5.41) is 16.2. The van der Waals surface area contributed by atoms with E-state index in [1.165, 1.54) is 30.2 Å². The normalized spacial score (nSPS) is 22.9. The van der Waals surface area contributed by atoms with Gasteiger partial charge in [-0.25, -0.2) is 4.98 Å². The van der Waals surface area contributed by atoms with E-state index in [0.29, 0.717) is 12.1 Å². The van der Waals surface area contributed by atoms with Crippen molar-refractivity contribution in [2.75, 3.05) is 20.1 Å². The van der Waals surface area contributed by atoms with Gasteiger partial charge in [-0.05, 0) is 38.2 Å². The molecule has 14 heteroatoms. The fourth-order valence-electron chi connectivity index (χ4n) is 4.82. The van der Waals surface area contributed by atoms with E-state index in [4.69, 9.17) is 0 Å². The van der Waals surface area contributed by atoms with Crippen molar-refractivity contribution in [1.82, 2.24) is 36.5 Å². The van der Waals surface area contributed by atoms with Crippen molar-refractivity contribution >= 4 is 46.8 Å². The number of carbonyl (C=O) groups excluding carboxylic acids is 6. The number of rotatable bonds is 6. The van der Waals surface area contributed by atoms with Crippen LogP contribution in [-0.4, -0.2) is 89.6 Å². The Balaban J connectivity index is 1.81. The molecular weight excluding hydrogens is 598 g/mol. The topological polar surface area (TPSA) is 179 Å². The molecule has 1 fully saturated rings. The molecule has 0 radical (unpaired) electrons. The summed E-state index contributed by atoms with van der Waals surface area (Å²) >= 11 is 1.41. The first kappa shape index (κ1) is 35.2. The van der Waals surface area contributed by atoms with Gasteiger partial charge in [-0.1, -0.05) is 44.2 Å². The van der Waals surface area contributed by atoms with Gasteiger partial charge >= 0.3 is 0 Å². The first-order valence-electron chi connectivity index (χ1n) is 15.0. The Bertz CT molecular complexity index is 1370. The minimum absolute atomic E-state index is 0.0167. The van der Waals surface area contributed by atoms with Crippen LogP contribution in [0.3, 0.4) is 0 Å². The summed E-state index contributed by atoms with van der Waals surface area (Å²) in [5.74, 6) is -3.40. The lowest BCUT2D eigenvalue weighted by Crippen LogP contribution is -2.59. The highest BCUT2D eigenvalue weighted by molar-refractivity contribution is 7.09. The second-order valence-electron chi connectivity index (χ2n) is 11.6. The zero-order valence-electron chi connectivity index (χ0n) is 26.3. The number of thiazole rings is 1. The zero-order valence-corrected chi connectivity index (χ0v) is 27.2. The SMILES string of the molecule is Cc1nc(CC(=O)N[C@H]2CCCNC(=O)CN(C)C(=O)[C@H](Cc3ccccc3)NC(=O)[C@@H](C)NC(=O)[C@@H](C(C)C)NC2=O)cs1. The van der Waals surface area contributed by atoms with Gasteiger partial charge in [0, 0.05) is 25.4 Å². The Morgan fingerprint density at radius 1 is 1.04 bits per heavy atom. The van der Waals surface area contributed by atoms with E-state index in [9.17, 15) is 28.8 Å². The quantitative estimate of drug-likeness (QED) is 0.299. The van der Waals surface area contributed by atoms with Crippen molar-refractivity contribution < 1.29 is 28.8 Å². The summed E-state index contributed by atoms with van der Waals surface area (Å²) in [6.45, 7) is 6.74. The molecule has 0 saturated carbocycles. The largest absolute Gasteiger partial charge is 0.355 e. The third kappa shape index (κ3) is 11.0. The van der Waals surface area contributed by atoms with E-state index < -0.39 is 59.6 Å². The molecule has 244 valence electrons. The molecule has 5 N–H and O–H groups in total. The van der Waals surface area contributed by atoms with E-state index in [0.717, 1.165) is 10.6 Å². The molecule has 1 aromatic carbocycles. The van der Waals surface area contributed by atoms with Gasteiger partial charge in [-0.2, -0.15) is 0 Å². The Hall–Kier alpha value is -4.33. The fourth-order valence-corrected chi connectivity index (χ4v) is 5.43. The number of nitrogens with zero attached hydrogens (tertiary/aromatic N) is 2. The Morgan fingerprint density at radius 3 is 2.40 bits per heavy atom. The number of hydrogen-bond donors (Lipinski definition) is 5. The van der Waals surface area contributed by atoms with Crippen LogP contribution in [0.15, 0.2) is 35.7 Å². The molecule has 1 saturated heterocycles. The molecule has 13 nitrogen and oxygen atoms in total. The number of benzene rings is 1. The van der Waals surface area contributed by atoms with Crippen molar-refractivity contribution in [3.05, 3.63) is 52.0 Å². The van der Waals surface area contributed by atoms with Crippen molar-refractivity contribution in [3.8, 4) is 0 Å². The van der Waals surface area contributed by atoms with Crippen LogP contribution in [-0.2, 0) is 41.6 Å². The van der Waals surface area contributed by atoms with Crippen LogP contribution < -0.4 is 26.6 Å². The molecule has 3 rings (SSSR count). The van der Waals surface area contributed by atoms with Crippen LogP contribution in [0.25, 0.3) is 0 Å². The summed E-state index contributed by atoms with van der Waals surface area (Å²) < 4.78 is 0. The lowest BCUT2D eigenvalue weighted by Gasteiger charge is -2.28. The molecule has 6 amide bonds. The number of amides is 6. The average Bonchev–Trinajstić information content (AvgIpc) is 3.40. The maximum atomic E-state index is 13.4. The lowest BCUT2D eigenvalue weighted by atomic mass is 10.0. The molecule has 0 spiro atoms. The summed E-state index contributed by atoms with van der Waals surface area (Å²) in [6, 6.07) is 5.08. The highest BCUT2D eigenvalue weighted by Gasteiger charge is 2.32. The predicted octanol–water partition coefficient (Wildman–Crippen LogP) is 0.220. The average molecular weight is 642 g/mol. The summed E-state index contributed by atoms with van der Waals surface area (Å²) in [7, 11) is 1.47. The van der Waals surface area contributed by atoms with Gasteiger partial charge in [0.25, 0.3) is 0 Å². The number of hydrogen-bond acceptors (Lipinski definition) is 8. The Morgan fingerprint density at radius 2 is 1.76 bits per heavy atom. The number of likely N-dealkylation sites (N-methyl/N-ethyl adjacent to an activating group) is 1. The highest BCUT2D eigenvalue weighted by Crippen LogP contribution is 2.11. The molecular formula is C31H43N7O6S. The van der Waals surface area contributed by atoms with Gasteiger partial charge < -0.3 is 31.5 Å². The third-order valence-corrected chi connectivity index (χ3v) is 8.13. The van der Waals surface area contributed by atoms with Gasteiger partial charge in [0.05, 0.1) is 23.7 Å². The second-order valence-corrected chi connectivity index (χ2v) is 12.6. The lowest BCUT2D eigenvalue weighted by molar-refractivity contribution is -0.139. The van der Waals surface area contributed by atoms with Crippen LogP contribution in [0.5, 0.6) is 0 Å². The van der Waals surface area contributed by atoms with Crippen molar-refractivity contribution in [2.24, 2.45) is 5.92 Å². The molecule has 0 unspecified atom stereocenters. The van der Waals surface area contributed by atoms with Crippen molar-refractivity contribution in [2.45, 2.75) is 77.5 Å². The van der Waals surface area contributed by atoms with Gasteiger partial charge in [-0.3, -0.25) is 28.8 Å². The maximum absolute atomic E-state index is 13.4. The van der Waals surface area contributed by atoms with Crippen LogP contribution >= 0.6 is 11.3 Å². The molecule has 4 atom stereocenters. The first-order chi connectivity index (χ1) is 21.3. The van der Waals surface area contributed by atoms with E-state index in [2.05, 4.69) is 31.6 Å². The standard InChI is InChI=1S/C31H43N7O6S/c1-18(2)27-30(43)33-19(3)28(41)36-24(14-21-10-7-6-8-11-21)31(44)38(5)16-26(40)32-13-9-12-23(29(42)37-27)35-25(39)15-22-17-45-20(4)34-22/h6-8,10-11,17-19,23-24,27H,9,12-16H2,1-5H3,(H,32,40)(H,33,43)(H,35,39)(H,36,41)(H,37,42)/t19-,23+,24+,27-/m1/s1. The molecule has 1 aromatic heterocycles. The minimum atomic E-state index is -1.05. The number of aromatic nitrogens is 1. The van der Waals surface area contributed by atoms with Gasteiger partial charge in [0.1, 0.15) is 24.2 Å². The molecule has 45 heavy (non-hydrogen) atoms. The van der Waals surface area contributed by atoms with Gasteiger partial charge in [-0.15, -0.1) is 11.3 Å². The van der Waals surface area contributed by atoms with Crippen LogP contribution in [0.1, 0.15) is 49.9 Å². The predicted molar refractivity (Wildman–Crippen MR) is 169 cm³/mol. The molecule has 1 aliphatic rings. The second kappa shape index (κ2) is 16.7. The number of aryl methyl sites for hydroxylation is 1. The van der Waals surface area contributed by atoms with Crippen molar-refractivity contribution in [1.29, 1.82) is 0 Å². The Kier molecular flexibility index (Phi) is 13.0. The molecule has 1 aliphatic heterocycles. The number of carbonyl (C=O) groups is 6. The van der Waals surface area contributed by atoms with Crippen LogP contribution in [0.4, 0.5) is 0 Å². The van der Waals surface area contributed by atoms with Gasteiger partial charge in [0.2, 0.25) is 35.4 Å². The van der Waals surface area contributed by atoms with Crippen LogP contribution in [0, 0.1) is 12.8 Å². The monoisotopic (exact) mass is 641 g/mol. The Labute approximate surface area is 267 Å². The molecule has 2 aromatic rings. The van der Waals surface area contributed by atoms with Crippen molar-refractivity contribution in [3.63, 3.8) is 0 Å². The smallest absolute Gasteiger partial charge is 0.245 e. The highest BCUT2D eigenvalue weighted by atomic mass is 32.1. The fraction of sp³-hybridized carbons (Fsp3) is 0.516. The number of nitrogens with one attached hydrogen (secondary N) is 5.